The first-order chi connectivity index (χ1) is 23.6. The molecule has 4 aromatic rings. The summed E-state index contributed by atoms with van der Waals surface area (Å²) in [5.41, 5.74) is 2.68. The number of hydrogen-bond acceptors (Lipinski definition) is 13. The molecule has 0 unspecified atom stereocenters. The number of nitriles is 1. The third kappa shape index (κ3) is 7.10. The molecule has 2 N–H and O–H groups in total. The topological polar surface area (TPSA) is 174 Å². The highest BCUT2D eigenvalue weighted by molar-refractivity contribution is 5.67. The van der Waals surface area contributed by atoms with Crippen molar-refractivity contribution in [3.63, 3.8) is 0 Å². The van der Waals surface area contributed by atoms with Crippen LogP contribution in [-0.2, 0) is 11.3 Å². The van der Waals surface area contributed by atoms with Crippen LogP contribution < -0.4 is 14.8 Å². The lowest BCUT2D eigenvalue weighted by atomic mass is 9.89. The Kier molecular flexibility index (Phi) is 9.73. The summed E-state index contributed by atoms with van der Waals surface area (Å²) in [6.07, 6.45) is 14.1. The summed E-state index contributed by atoms with van der Waals surface area (Å²) < 4.78 is 21.5. The van der Waals surface area contributed by atoms with E-state index in [1.165, 1.54) is 19.2 Å². The first-order valence-corrected chi connectivity index (χ1v) is 16.8. The van der Waals surface area contributed by atoms with Crippen LogP contribution in [0.2, 0.25) is 0 Å². The zero-order valence-electron chi connectivity index (χ0n) is 27.1. The van der Waals surface area contributed by atoms with Crippen molar-refractivity contribution in [3.05, 3.63) is 48.7 Å². The van der Waals surface area contributed by atoms with Gasteiger partial charge in [-0.3, -0.25) is 9.58 Å². The Morgan fingerprint density at radius 3 is 2.50 bits per heavy atom. The molecular weight excluding hydrogens is 614 g/mol. The van der Waals surface area contributed by atoms with Gasteiger partial charge in [0.15, 0.2) is 0 Å². The van der Waals surface area contributed by atoms with Crippen molar-refractivity contribution in [2.45, 2.75) is 88.7 Å². The smallest absolute Gasteiger partial charge is 0.256 e. The fourth-order valence-corrected chi connectivity index (χ4v) is 7.20. The molecule has 3 aromatic heterocycles. The van der Waals surface area contributed by atoms with E-state index in [4.69, 9.17) is 19.3 Å². The fraction of sp³-hybridized carbons (Fsp3) is 0.545. The monoisotopic (exact) mass is 655 g/mol. The van der Waals surface area contributed by atoms with E-state index in [1.807, 2.05) is 29.9 Å². The Bertz CT molecular complexity index is 1670. The predicted octanol–water partition coefficient (Wildman–Crippen LogP) is 3.52. The van der Waals surface area contributed by atoms with Gasteiger partial charge >= 0.3 is 0 Å². The van der Waals surface area contributed by atoms with Gasteiger partial charge in [0.25, 0.3) is 5.88 Å². The molecule has 3 fully saturated rings. The Labute approximate surface area is 278 Å². The molecule has 0 amide bonds. The van der Waals surface area contributed by atoms with Crippen LogP contribution in [0.15, 0.2) is 43.1 Å². The number of fused-ring (bicyclic) bond motifs is 2. The Morgan fingerprint density at radius 1 is 1.04 bits per heavy atom. The van der Waals surface area contributed by atoms with E-state index in [-0.39, 0.29) is 18.8 Å². The summed E-state index contributed by atoms with van der Waals surface area (Å²) >= 11 is 0. The minimum absolute atomic E-state index is 0.0435. The van der Waals surface area contributed by atoms with E-state index < -0.39 is 0 Å². The summed E-state index contributed by atoms with van der Waals surface area (Å²) in [7, 11) is 0. The molecule has 48 heavy (non-hydrogen) atoms. The average molecular weight is 656 g/mol. The average Bonchev–Trinajstić information content (AvgIpc) is 3.83. The van der Waals surface area contributed by atoms with E-state index in [9.17, 15) is 10.4 Å². The second kappa shape index (κ2) is 14.6. The van der Waals surface area contributed by atoms with E-state index >= 15 is 0 Å². The van der Waals surface area contributed by atoms with Gasteiger partial charge < -0.3 is 24.6 Å². The van der Waals surface area contributed by atoms with Gasteiger partial charge in [-0.05, 0) is 73.6 Å². The molecule has 2 saturated heterocycles. The summed E-state index contributed by atoms with van der Waals surface area (Å²) in [4.78, 5) is 11.9. The quantitative estimate of drug-likeness (QED) is 0.200. The highest BCUT2D eigenvalue weighted by Gasteiger charge is 2.42. The van der Waals surface area contributed by atoms with Crippen LogP contribution in [0.5, 0.6) is 11.6 Å². The van der Waals surface area contributed by atoms with Gasteiger partial charge in [-0.2, -0.15) is 5.26 Å². The second-order valence-electron chi connectivity index (χ2n) is 12.8. The number of hydrogen-bond donors (Lipinski definition) is 2. The van der Waals surface area contributed by atoms with Crippen molar-refractivity contribution >= 4 is 11.6 Å². The maximum Gasteiger partial charge on any atom is 0.256 e. The van der Waals surface area contributed by atoms with Crippen molar-refractivity contribution < 1.29 is 19.3 Å². The van der Waals surface area contributed by atoms with Crippen molar-refractivity contribution in [3.8, 4) is 28.8 Å². The van der Waals surface area contributed by atoms with Crippen molar-refractivity contribution in [1.29, 1.82) is 5.26 Å². The molecule has 1 saturated carbocycles. The molecule has 0 radical (unpaired) electrons. The van der Waals surface area contributed by atoms with Gasteiger partial charge in [0.05, 0.1) is 44.2 Å². The van der Waals surface area contributed by atoms with Crippen LogP contribution in [-0.4, -0.2) is 101 Å². The standard InChI is InChI=1S/C33H41N11O4/c1-22(17-42-21-37-40-41-42)48-31-13-23(3-4-24(31)14-34)25-15-35-33(36-16-25)38-30-18-43(39-32(30)47-12-2-11-45)26-5-7-27(8-6-26)44-28-9-10-29(44)20-46-19-28/h3-4,13,15-16,18,21-22,26-29,45H,2,5-12,17,19-20H2,1H3,(H,35,36,38)/t22-,26?,27?,28-,29+/m0/s1. The van der Waals surface area contributed by atoms with Crippen molar-refractivity contribution in [2.24, 2.45) is 0 Å². The number of benzene rings is 1. The summed E-state index contributed by atoms with van der Waals surface area (Å²) in [5, 5.41) is 38.3. The predicted molar refractivity (Wildman–Crippen MR) is 174 cm³/mol. The van der Waals surface area contributed by atoms with E-state index in [2.05, 4.69) is 41.8 Å². The third-order valence-corrected chi connectivity index (χ3v) is 9.50. The maximum atomic E-state index is 9.65. The minimum Gasteiger partial charge on any atom is -0.487 e. The lowest BCUT2D eigenvalue weighted by Crippen LogP contribution is -2.52. The van der Waals surface area contributed by atoms with Gasteiger partial charge in [0.2, 0.25) is 5.95 Å². The highest BCUT2D eigenvalue weighted by Crippen LogP contribution is 2.39. The minimum atomic E-state index is -0.275. The molecule has 252 valence electrons. The molecule has 15 nitrogen and oxygen atoms in total. The number of tetrazole rings is 1. The number of nitrogens with zero attached hydrogens (tertiary/aromatic N) is 10. The molecule has 7 rings (SSSR count). The molecule has 2 aliphatic heterocycles. The molecule has 1 aromatic carbocycles. The Balaban J connectivity index is 1.02. The number of rotatable bonds is 13. The molecule has 5 heterocycles. The van der Waals surface area contributed by atoms with Gasteiger partial charge in [-0.1, -0.05) is 6.07 Å². The van der Waals surface area contributed by atoms with Crippen LogP contribution >= 0.6 is 0 Å². The number of nitrogens with one attached hydrogen (secondary N) is 1. The first-order valence-electron chi connectivity index (χ1n) is 16.8. The van der Waals surface area contributed by atoms with E-state index in [0.29, 0.717) is 66.5 Å². The number of ether oxygens (including phenoxy) is 3. The number of anilines is 2. The van der Waals surface area contributed by atoms with E-state index in [1.54, 1.807) is 23.1 Å². The lowest BCUT2D eigenvalue weighted by molar-refractivity contribution is -0.0458. The second-order valence-corrected chi connectivity index (χ2v) is 12.8. The van der Waals surface area contributed by atoms with Crippen LogP contribution in [0.1, 0.15) is 63.5 Å². The summed E-state index contributed by atoms with van der Waals surface area (Å²) in [6, 6.07) is 9.63. The highest BCUT2D eigenvalue weighted by atomic mass is 16.5. The van der Waals surface area contributed by atoms with Gasteiger partial charge in [0, 0.05) is 49.1 Å². The molecule has 2 bridgehead atoms. The molecule has 1 aliphatic carbocycles. The zero-order valence-corrected chi connectivity index (χ0v) is 27.1. The maximum absolute atomic E-state index is 9.65. The van der Waals surface area contributed by atoms with Crippen LogP contribution in [0.3, 0.4) is 0 Å². The van der Waals surface area contributed by atoms with Crippen LogP contribution in [0, 0.1) is 11.3 Å². The summed E-state index contributed by atoms with van der Waals surface area (Å²) in [6.45, 7) is 4.46. The van der Waals surface area contributed by atoms with Crippen molar-refractivity contribution in [1.82, 2.24) is 44.9 Å². The molecule has 15 heteroatoms. The van der Waals surface area contributed by atoms with Gasteiger partial charge in [0.1, 0.15) is 29.9 Å². The Hall–Kier alpha value is -4.65. The normalized spacial score (nSPS) is 23.0. The summed E-state index contributed by atoms with van der Waals surface area (Å²) in [5.74, 6) is 1.33. The number of aliphatic hydroxyl groups is 1. The molecule has 3 atom stereocenters. The van der Waals surface area contributed by atoms with Gasteiger partial charge in [-0.25, -0.2) is 14.6 Å². The SMILES string of the molecule is C[C@@H](Cn1cnnn1)Oc1cc(-c2cnc(Nc3cn(C4CCC(N5[C@@H]6CC[C@H]5COC6)CC4)nc3OCCCO)nc2)ccc1C#N. The fourth-order valence-electron chi connectivity index (χ4n) is 7.20. The van der Waals surface area contributed by atoms with Crippen molar-refractivity contribution in [2.75, 3.05) is 31.7 Å². The molecule has 3 aliphatic rings. The Morgan fingerprint density at radius 2 is 1.79 bits per heavy atom. The molecule has 0 spiro atoms. The number of morpholine rings is 1. The first kappa shape index (κ1) is 31.9. The zero-order chi connectivity index (χ0) is 32.9. The third-order valence-electron chi connectivity index (χ3n) is 9.50. The molecular formula is C33H41N11O4. The number of aliphatic hydroxyl groups excluding tert-OH is 1. The number of aromatic nitrogens is 8. The lowest BCUT2D eigenvalue weighted by Gasteiger charge is -2.43. The van der Waals surface area contributed by atoms with Gasteiger partial charge in [-0.15, -0.1) is 10.2 Å². The van der Waals surface area contributed by atoms with Crippen LogP contribution in [0.4, 0.5) is 11.6 Å². The van der Waals surface area contributed by atoms with Crippen LogP contribution in [0.25, 0.3) is 11.1 Å². The largest absolute Gasteiger partial charge is 0.487 e. The van der Waals surface area contributed by atoms with E-state index in [0.717, 1.165) is 50.0 Å².